The highest BCUT2D eigenvalue weighted by Gasteiger charge is 2.32. The molecule has 180 valence electrons. The molecule has 1 unspecified atom stereocenters. The lowest BCUT2D eigenvalue weighted by molar-refractivity contribution is -0.143. The van der Waals surface area contributed by atoms with Crippen molar-refractivity contribution in [1.82, 2.24) is 19.5 Å². The van der Waals surface area contributed by atoms with Crippen LogP contribution in [0, 0.1) is 6.57 Å². The van der Waals surface area contributed by atoms with Crippen molar-refractivity contribution < 1.29 is 27.2 Å². The zero-order valence-electron chi connectivity index (χ0n) is 17.8. The van der Waals surface area contributed by atoms with E-state index in [0.717, 1.165) is 16.7 Å². The van der Waals surface area contributed by atoms with Crippen molar-refractivity contribution in [2.45, 2.75) is 25.6 Å². The molecule has 0 fully saturated rings. The molecule has 35 heavy (non-hydrogen) atoms. The maximum atomic E-state index is 13.1. The van der Waals surface area contributed by atoms with Crippen LogP contribution in [0.4, 0.5) is 13.2 Å². The third kappa shape index (κ3) is 5.08. The molecule has 0 saturated heterocycles. The van der Waals surface area contributed by atoms with Crippen LogP contribution in [0.15, 0.2) is 41.2 Å². The van der Waals surface area contributed by atoms with E-state index in [-0.39, 0.29) is 46.1 Å². The minimum absolute atomic E-state index is 0.0604. The quantitative estimate of drug-likeness (QED) is 0.218. The monoisotopic (exact) mass is 523 g/mol. The molecule has 0 aliphatic carbocycles. The fourth-order valence-corrected chi connectivity index (χ4v) is 3.82. The van der Waals surface area contributed by atoms with E-state index >= 15 is 0 Å². The lowest BCUT2D eigenvalue weighted by atomic mass is 10.0. The molecule has 1 aromatic carbocycles. The minimum Gasteiger partial charge on any atom is -0.466 e. The van der Waals surface area contributed by atoms with Crippen LogP contribution in [0.1, 0.15) is 30.5 Å². The Labute approximate surface area is 206 Å². The molecule has 0 radical (unpaired) electrons. The topological polar surface area (TPSA) is 86.9 Å². The molecule has 0 spiro atoms. The number of hydrogen-bond acceptors (Lipinski definition) is 6. The zero-order valence-corrected chi connectivity index (χ0v) is 19.3. The highest BCUT2D eigenvalue weighted by molar-refractivity contribution is 6.33. The number of aromatic nitrogens is 4. The second kappa shape index (κ2) is 9.56. The maximum absolute atomic E-state index is 13.1. The van der Waals surface area contributed by atoms with E-state index in [1.807, 2.05) is 0 Å². The second-order valence-corrected chi connectivity index (χ2v) is 8.06. The molecule has 1 atom stereocenters. The van der Waals surface area contributed by atoms with Crippen LogP contribution in [0.5, 0.6) is 0 Å². The van der Waals surface area contributed by atoms with Crippen LogP contribution < -0.4 is 0 Å². The minimum atomic E-state index is -4.58. The summed E-state index contributed by atoms with van der Waals surface area (Å²) in [7, 11) is 0. The summed E-state index contributed by atoms with van der Waals surface area (Å²) in [6.07, 6.45) is -2.56. The number of benzene rings is 1. The molecule has 4 aromatic rings. The Hall–Kier alpha value is -3.62. The molecule has 0 N–H and O–H groups in total. The average Bonchev–Trinajstić information content (AvgIpc) is 3.44. The molecule has 0 bridgehead atoms. The Balaban J connectivity index is 1.62. The van der Waals surface area contributed by atoms with Crippen molar-refractivity contribution in [1.29, 1.82) is 0 Å². The van der Waals surface area contributed by atoms with Gasteiger partial charge in [0.05, 0.1) is 22.2 Å². The van der Waals surface area contributed by atoms with Crippen molar-refractivity contribution >= 4 is 34.8 Å². The Morgan fingerprint density at radius 3 is 2.66 bits per heavy atom. The molecular formula is C22H14Cl2F3N5O3. The molecule has 8 nitrogen and oxygen atoms in total. The number of alkyl halides is 3. The van der Waals surface area contributed by atoms with E-state index in [1.54, 1.807) is 19.1 Å². The predicted octanol–water partition coefficient (Wildman–Crippen LogP) is 6.29. The Kier molecular flexibility index (Phi) is 6.69. The van der Waals surface area contributed by atoms with E-state index in [1.165, 1.54) is 12.3 Å². The largest absolute Gasteiger partial charge is 0.466 e. The number of rotatable bonds is 6. The number of imidazole rings is 1. The number of hydrogen-bond donors (Lipinski definition) is 0. The van der Waals surface area contributed by atoms with Crippen LogP contribution in [-0.2, 0) is 15.7 Å². The lowest BCUT2D eigenvalue weighted by Crippen LogP contribution is -2.08. The summed E-state index contributed by atoms with van der Waals surface area (Å²) in [6.45, 7) is 9.26. The summed E-state index contributed by atoms with van der Waals surface area (Å²) in [5, 5.41) is 3.89. The van der Waals surface area contributed by atoms with Crippen LogP contribution in [0.25, 0.3) is 33.5 Å². The molecule has 0 aliphatic heterocycles. The summed E-state index contributed by atoms with van der Waals surface area (Å²) in [5.74, 6) is -0.457. The fourth-order valence-electron chi connectivity index (χ4n) is 3.29. The number of halogens is 5. The highest BCUT2D eigenvalue weighted by Crippen LogP contribution is 2.34. The van der Waals surface area contributed by atoms with Crippen molar-refractivity contribution in [2.75, 3.05) is 6.61 Å². The summed E-state index contributed by atoms with van der Waals surface area (Å²) in [4.78, 5) is 23.6. The van der Waals surface area contributed by atoms with Crippen molar-refractivity contribution in [3.05, 3.63) is 69.2 Å². The molecule has 0 amide bonds. The van der Waals surface area contributed by atoms with Gasteiger partial charge in [-0.05, 0) is 25.1 Å². The summed E-state index contributed by atoms with van der Waals surface area (Å²) in [5.41, 5.74) is 0.161. The van der Waals surface area contributed by atoms with Crippen molar-refractivity contribution in [3.8, 4) is 23.0 Å². The number of ether oxygens (including phenoxy) is 1. The second-order valence-electron chi connectivity index (χ2n) is 7.25. The first-order chi connectivity index (χ1) is 16.6. The van der Waals surface area contributed by atoms with E-state index in [9.17, 15) is 18.0 Å². The molecule has 3 aromatic heterocycles. The number of fused-ring (bicyclic) bond motifs is 1. The van der Waals surface area contributed by atoms with Gasteiger partial charge in [0, 0.05) is 23.5 Å². The number of pyridine rings is 1. The van der Waals surface area contributed by atoms with Gasteiger partial charge in [-0.2, -0.15) is 18.2 Å². The van der Waals surface area contributed by atoms with Gasteiger partial charge in [-0.3, -0.25) is 4.79 Å². The van der Waals surface area contributed by atoms with Crippen LogP contribution in [0.2, 0.25) is 10.0 Å². The number of carbonyl (C=O) groups is 1. The molecule has 13 heteroatoms. The summed E-state index contributed by atoms with van der Waals surface area (Å²) in [6, 6.07) is 4.73. The lowest BCUT2D eigenvalue weighted by Gasteiger charge is -2.07. The predicted molar refractivity (Wildman–Crippen MR) is 120 cm³/mol. The van der Waals surface area contributed by atoms with E-state index in [0.29, 0.717) is 11.1 Å². The van der Waals surface area contributed by atoms with Gasteiger partial charge in [0.15, 0.2) is 5.65 Å². The van der Waals surface area contributed by atoms with Gasteiger partial charge in [-0.25, -0.2) is 11.6 Å². The van der Waals surface area contributed by atoms with Crippen LogP contribution >= 0.6 is 23.2 Å². The van der Waals surface area contributed by atoms with Gasteiger partial charge in [-0.15, -0.1) is 0 Å². The smallest absolute Gasteiger partial charge is 0.417 e. The highest BCUT2D eigenvalue weighted by atomic mass is 35.5. The molecule has 0 aliphatic rings. The number of nitrogens with zero attached hydrogens (tertiary/aromatic N) is 5. The Morgan fingerprint density at radius 2 is 2.00 bits per heavy atom. The third-order valence-electron chi connectivity index (χ3n) is 4.92. The van der Waals surface area contributed by atoms with Gasteiger partial charge in [0.25, 0.3) is 11.9 Å². The third-order valence-corrected chi connectivity index (χ3v) is 5.51. The SMILES string of the molecule is [C-]#[N+]C(CC(=O)OCC)c1ccc(-c2noc(-c3cn4cc(C(F)(F)F)cc(Cl)c4n3)n2)c(Cl)c1. The summed E-state index contributed by atoms with van der Waals surface area (Å²) < 4.78 is 50.5. The van der Waals surface area contributed by atoms with E-state index in [2.05, 4.69) is 20.0 Å². The van der Waals surface area contributed by atoms with Crippen molar-refractivity contribution in [3.63, 3.8) is 0 Å². The van der Waals surface area contributed by atoms with Gasteiger partial charge in [-0.1, -0.05) is 34.4 Å². The Morgan fingerprint density at radius 1 is 1.23 bits per heavy atom. The first-order valence-electron chi connectivity index (χ1n) is 10.0. The molecule has 4 rings (SSSR count). The van der Waals surface area contributed by atoms with Gasteiger partial charge in [0.1, 0.15) is 12.1 Å². The average molecular weight is 524 g/mol. The zero-order chi connectivity index (χ0) is 25.3. The van der Waals surface area contributed by atoms with E-state index < -0.39 is 23.8 Å². The number of esters is 1. The van der Waals surface area contributed by atoms with Gasteiger partial charge in [0.2, 0.25) is 5.82 Å². The summed E-state index contributed by atoms with van der Waals surface area (Å²) >= 11 is 12.4. The standard InChI is InChI=1S/C22H14Cl2F3N5O3/c1-3-34-18(33)8-16(28-2)11-4-5-13(14(23)6-11)19-30-21(35-31-19)17-10-32-9-12(22(25,26)27)7-15(24)20(32)29-17/h4-7,9-10,16H,3,8H2,1H3. The van der Waals surface area contributed by atoms with Crippen LogP contribution in [0.3, 0.4) is 0 Å². The van der Waals surface area contributed by atoms with E-state index in [4.69, 9.17) is 39.0 Å². The maximum Gasteiger partial charge on any atom is 0.417 e. The molecule has 0 saturated carbocycles. The fraction of sp³-hybridized carbons (Fsp3) is 0.227. The van der Waals surface area contributed by atoms with Gasteiger partial charge < -0.3 is 18.5 Å². The molecular weight excluding hydrogens is 510 g/mol. The van der Waals surface area contributed by atoms with Gasteiger partial charge >= 0.3 is 12.1 Å². The van der Waals surface area contributed by atoms with Crippen LogP contribution in [-0.4, -0.2) is 32.1 Å². The normalized spacial score (nSPS) is 12.5. The number of carbonyl (C=O) groups excluding carboxylic acids is 1. The Bertz CT molecular complexity index is 1460. The first kappa shape index (κ1) is 24.5. The first-order valence-corrected chi connectivity index (χ1v) is 10.8. The van der Waals surface area contributed by atoms with Crippen molar-refractivity contribution in [2.24, 2.45) is 0 Å². The molecule has 3 heterocycles.